The number of nitrogens with zero attached hydrogens (tertiary/aromatic N) is 5. The zero-order valence-corrected chi connectivity index (χ0v) is 18.4. The molecule has 1 N–H and O–H groups in total. The molecule has 5 heterocycles. The van der Waals surface area contributed by atoms with Gasteiger partial charge in [0.15, 0.2) is 0 Å². The van der Waals surface area contributed by atoms with Crippen LogP contribution in [0.5, 0.6) is 0 Å². The molecule has 1 unspecified atom stereocenters. The van der Waals surface area contributed by atoms with Gasteiger partial charge in [-0.3, -0.25) is 14.3 Å². The van der Waals surface area contributed by atoms with Crippen molar-refractivity contribution in [1.82, 2.24) is 24.5 Å². The predicted molar refractivity (Wildman–Crippen MR) is 123 cm³/mol. The van der Waals surface area contributed by atoms with Gasteiger partial charge in [0, 0.05) is 55.7 Å². The molecule has 4 aromatic rings. The molecule has 0 fully saturated rings. The lowest BCUT2D eigenvalue weighted by atomic mass is 10.0. The largest absolute Gasteiger partial charge is 0.346 e. The molecule has 1 atom stereocenters. The fourth-order valence-corrected chi connectivity index (χ4v) is 4.32. The average Bonchev–Trinajstić information content (AvgIpc) is 3.14. The van der Waals surface area contributed by atoms with Crippen molar-refractivity contribution < 1.29 is 0 Å². The van der Waals surface area contributed by atoms with Crippen LogP contribution in [0.25, 0.3) is 22.3 Å². The molecule has 7 nitrogen and oxygen atoms in total. The van der Waals surface area contributed by atoms with Crippen molar-refractivity contribution in [2.24, 2.45) is 0 Å². The van der Waals surface area contributed by atoms with E-state index in [2.05, 4.69) is 26.8 Å². The summed E-state index contributed by atoms with van der Waals surface area (Å²) >= 11 is 6.12. The van der Waals surface area contributed by atoms with E-state index in [-0.39, 0.29) is 5.56 Å². The van der Waals surface area contributed by atoms with E-state index in [0.717, 1.165) is 34.3 Å². The fourth-order valence-electron chi connectivity index (χ4n) is 4.16. The second-order valence-electron chi connectivity index (χ2n) is 8.16. The third-order valence-electron chi connectivity index (χ3n) is 6.21. The molecule has 0 aromatic carbocycles. The molecule has 0 aliphatic carbocycles. The van der Waals surface area contributed by atoms with Gasteiger partial charge in [-0.15, -0.1) is 0 Å². The SMILES string of the molecule is Cc1nc(-c2cnc3n(c2=O)CCC(C)N3C)ccc1Cc1c[nH]c2ncc(Cl)cc12. The monoisotopic (exact) mass is 434 g/mol. The fraction of sp³-hybridized carbons (Fsp3) is 0.304. The minimum atomic E-state index is -0.0410. The maximum atomic E-state index is 13.1. The Morgan fingerprint density at radius 3 is 2.87 bits per heavy atom. The van der Waals surface area contributed by atoms with Crippen molar-refractivity contribution in [2.45, 2.75) is 39.3 Å². The van der Waals surface area contributed by atoms with Crippen LogP contribution < -0.4 is 10.5 Å². The summed E-state index contributed by atoms with van der Waals surface area (Å²) in [5, 5.41) is 1.62. The first-order valence-electron chi connectivity index (χ1n) is 10.3. The first kappa shape index (κ1) is 19.8. The number of aromatic nitrogens is 5. The minimum absolute atomic E-state index is 0.0410. The van der Waals surface area contributed by atoms with E-state index in [1.54, 1.807) is 17.0 Å². The first-order chi connectivity index (χ1) is 14.9. The Hall–Kier alpha value is -3.19. The maximum Gasteiger partial charge on any atom is 0.264 e. The second-order valence-corrected chi connectivity index (χ2v) is 8.60. The number of pyridine rings is 2. The molecule has 5 rings (SSSR count). The topological polar surface area (TPSA) is 79.7 Å². The van der Waals surface area contributed by atoms with Crippen LogP contribution in [0.2, 0.25) is 5.02 Å². The Bertz CT molecular complexity index is 1360. The van der Waals surface area contributed by atoms with Gasteiger partial charge in [0.05, 0.1) is 16.3 Å². The zero-order valence-electron chi connectivity index (χ0n) is 17.7. The molecule has 158 valence electrons. The predicted octanol–water partition coefficient (Wildman–Crippen LogP) is 3.96. The van der Waals surface area contributed by atoms with E-state index >= 15 is 0 Å². The van der Waals surface area contributed by atoms with Crippen LogP contribution in [0, 0.1) is 6.92 Å². The van der Waals surface area contributed by atoms with Gasteiger partial charge >= 0.3 is 0 Å². The molecule has 31 heavy (non-hydrogen) atoms. The number of hydrogen-bond acceptors (Lipinski definition) is 5. The van der Waals surface area contributed by atoms with Crippen LogP contribution in [0.3, 0.4) is 0 Å². The third-order valence-corrected chi connectivity index (χ3v) is 6.42. The quantitative estimate of drug-likeness (QED) is 0.528. The summed E-state index contributed by atoms with van der Waals surface area (Å²) in [5.74, 6) is 0.715. The van der Waals surface area contributed by atoms with E-state index in [4.69, 9.17) is 16.6 Å². The molecule has 0 saturated heterocycles. The number of halogens is 1. The lowest BCUT2D eigenvalue weighted by Crippen LogP contribution is -2.41. The van der Waals surface area contributed by atoms with E-state index in [1.807, 2.05) is 38.4 Å². The maximum absolute atomic E-state index is 13.1. The van der Waals surface area contributed by atoms with Crippen molar-refractivity contribution in [1.29, 1.82) is 0 Å². The smallest absolute Gasteiger partial charge is 0.264 e. The normalized spacial score (nSPS) is 16.0. The van der Waals surface area contributed by atoms with E-state index < -0.39 is 0 Å². The number of anilines is 1. The van der Waals surface area contributed by atoms with Crippen LogP contribution in [-0.2, 0) is 13.0 Å². The van der Waals surface area contributed by atoms with Gasteiger partial charge in [0.2, 0.25) is 5.95 Å². The van der Waals surface area contributed by atoms with Crippen molar-refractivity contribution in [2.75, 3.05) is 11.9 Å². The highest BCUT2D eigenvalue weighted by atomic mass is 35.5. The number of aromatic amines is 1. The van der Waals surface area contributed by atoms with Gasteiger partial charge in [-0.25, -0.2) is 9.97 Å². The molecule has 0 spiro atoms. The number of H-pyrrole nitrogens is 1. The summed E-state index contributed by atoms with van der Waals surface area (Å²) < 4.78 is 1.75. The molecule has 4 aromatic heterocycles. The molecule has 0 saturated carbocycles. The summed E-state index contributed by atoms with van der Waals surface area (Å²) in [7, 11) is 1.98. The summed E-state index contributed by atoms with van der Waals surface area (Å²) in [6, 6.07) is 6.23. The summed E-state index contributed by atoms with van der Waals surface area (Å²) in [6.07, 6.45) is 6.86. The Labute approximate surface area is 184 Å². The highest BCUT2D eigenvalue weighted by molar-refractivity contribution is 6.31. The molecular formula is C23H23ClN6O. The Morgan fingerprint density at radius 2 is 2.06 bits per heavy atom. The molecule has 8 heteroatoms. The number of rotatable bonds is 3. The van der Waals surface area contributed by atoms with Gasteiger partial charge in [-0.2, -0.15) is 0 Å². The van der Waals surface area contributed by atoms with Gasteiger partial charge in [-0.1, -0.05) is 17.7 Å². The second kappa shape index (κ2) is 7.50. The summed E-state index contributed by atoms with van der Waals surface area (Å²) in [4.78, 5) is 32.0. The highest BCUT2D eigenvalue weighted by Crippen LogP contribution is 2.25. The first-order valence-corrected chi connectivity index (χ1v) is 10.7. The minimum Gasteiger partial charge on any atom is -0.346 e. The number of fused-ring (bicyclic) bond motifs is 2. The van der Waals surface area contributed by atoms with Crippen molar-refractivity contribution in [3.63, 3.8) is 0 Å². The van der Waals surface area contributed by atoms with Gasteiger partial charge in [-0.05, 0) is 43.5 Å². The molecule has 0 amide bonds. The lowest BCUT2D eigenvalue weighted by Gasteiger charge is -2.33. The van der Waals surface area contributed by atoms with Crippen LogP contribution in [0.1, 0.15) is 30.2 Å². The molecule has 0 bridgehead atoms. The summed E-state index contributed by atoms with van der Waals surface area (Å²) in [5.41, 5.74) is 5.03. The van der Waals surface area contributed by atoms with Crippen molar-refractivity contribution in [3.8, 4) is 11.3 Å². The third kappa shape index (κ3) is 3.39. The molecular weight excluding hydrogens is 412 g/mol. The molecule has 1 aliphatic rings. The number of aryl methyl sites for hydroxylation is 1. The van der Waals surface area contributed by atoms with Crippen molar-refractivity contribution >= 4 is 28.6 Å². The number of nitrogens with one attached hydrogen (secondary N) is 1. The van der Waals surface area contributed by atoms with Crippen LogP contribution >= 0.6 is 11.6 Å². The molecule has 1 aliphatic heterocycles. The standard InChI is InChI=1S/C23H23ClN6O/c1-13-6-7-30-22(31)19(12-27-23(30)29(13)3)20-5-4-15(14(2)28-20)8-16-10-25-21-18(16)9-17(24)11-26-21/h4-5,9-13H,6-8H2,1-3H3,(H,25,26). The number of hydrogen-bond donors (Lipinski definition) is 1. The van der Waals surface area contributed by atoms with Gasteiger partial charge < -0.3 is 9.88 Å². The average molecular weight is 435 g/mol. The zero-order chi connectivity index (χ0) is 21.7. The van der Waals surface area contributed by atoms with E-state index in [9.17, 15) is 4.79 Å². The van der Waals surface area contributed by atoms with Gasteiger partial charge in [0.25, 0.3) is 5.56 Å². The Morgan fingerprint density at radius 1 is 1.23 bits per heavy atom. The lowest BCUT2D eigenvalue weighted by molar-refractivity contribution is 0.477. The van der Waals surface area contributed by atoms with Crippen LogP contribution in [0.15, 0.2) is 41.6 Å². The Balaban J connectivity index is 1.49. The summed E-state index contributed by atoms with van der Waals surface area (Å²) in [6.45, 7) is 4.79. The van der Waals surface area contributed by atoms with E-state index in [1.165, 1.54) is 0 Å². The van der Waals surface area contributed by atoms with Gasteiger partial charge in [0.1, 0.15) is 5.65 Å². The Kier molecular flexibility index (Phi) is 4.78. The van der Waals surface area contributed by atoms with Crippen LogP contribution in [0.4, 0.5) is 5.95 Å². The van der Waals surface area contributed by atoms with Crippen LogP contribution in [-0.4, -0.2) is 37.6 Å². The van der Waals surface area contributed by atoms with Crippen molar-refractivity contribution in [3.05, 3.63) is 69.0 Å². The highest BCUT2D eigenvalue weighted by Gasteiger charge is 2.23. The molecule has 0 radical (unpaired) electrons. The van der Waals surface area contributed by atoms with E-state index in [0.29, 0.717) is 41.2 Å².